The van der Waals surface area contributed by atoms with E-state index in [1.165, 1.54) is 0 Å². The first-order valence-corrected chi connectivity index (χ1v) is 3.70. The zero-order chi connectivity index (χ0) is 8.83. The molecule has 0 spiro atoms. The Morgan fingerprint density at radius 3 is 1.30 bits per heavy atom. The molecule has 0 rings (SSSR count). The van der Waals surface area contributed by atoms with Crippen molar-refractivity contribution in [3.63, 3.8) is 0 Å². The average molecular weight is 164 g/mol. The van der Waals surface area contributed by atoms with Crippen molar-refractivity contribution in [2.75, 3.05) is 19.1 Å². The molecule has 4 heteroatoms. The van der Waals surface area contributed by atoms with Crippen LogP contribution in [0, 0.1) is 0 Å². The van der Waals surface area contributed by atoms with E-state index in [-0.39, 0.29) is 13.2 Å². The van der Waals surface area contributed by atoms with Gasteiger partial charge in [-0.2, -0.15) is 0 Å². The van der Waals surface area contributed by atoms with E-state index in [0.717, 1.165) is 0 Å². The fourth-order valence-corrected chi connectivity index (χ4v) is 0. The zero-order valence-corrected chi connectivity index (χ0v) is 7.36. The monoisotopic (exact) mass is 164 g/mol. The van der Waals surface area contributed by atoms with Crippen LogP contribution in [0.3, 0.4) is 0 Å². The van der Waals surface area contributed by atoms with Gasteiger partial charge in [0.15, 0.2) is 0 Å². The standard InChI is InChI=1S/C2H4BCl.2C2H5O/c3-1-2-4;2*1-2-3/h1-2H2;2*2H2,1H3/q+2;2*-1. The Hall–Kier alpha value is 0.275. The van der Waals surface area contributed by atoms with E-state index in [2.05, 4.69) is 0 Å². The van der Waals surface area contributed by atoms with Crippen molar-refractivity contribution in [3.8, 4) is 0 Å². The molecule has 0 aliphatic carbocycles. The summed E-state index contributed by atoms with van der Waals surface area (Å²) in [4.78, 5) is 0. The summed E-state index contributed by atoms with van der Waals surface area (Å²) in [5.41, 5.74) is 0. The van der Waals surface area contributed by atoms with Gasteiger partial charge in [-0.05, 0) is 0 Å². The molecule has 0 saturated heterocycles. The van der Waals surface area contributed by atoms with Gasteiger partial charge in [-0.1, -0.05) is 13.8 Å². The first kappa shape index (κ1) is 16.7. The second-order valence-corrected chi connectivity index (χ2v) is 1.43. The van der Waals surface area contributed by atoms with Gasteiger partial charge in [-0.15, -0.1) is 13.2 Å². The number of halogens is 1. The number of rotatable bonds is 1. The Labute approximate surface area is 69.6 Å². The molecule has 0 saturated carbocycles. The zero-order valence-electron chi connectivity index (χ0n) is 6.60. The molecule has 0 aromatic heterocycles. The molecule has 0 unspecified atom stereocenters. The summed E-state index contributed by atoms with van der Waals surface area (Å²) < 4.78 is 0. The number of hydrogen-bond acceptors (Lipinski definition) is 2. The fourth-order valence-electron chi connectivity index (χ4n) is 0. The molecular formula is C6H14BClO2. The summed E-state index contributed by atoms with van der Waals surface area (Å²) in [6.07, 6.45) is 0.585. The molecule has 0 amide bonds. The maximum absolute atomic E-state index is 8.93. The first-order valence-electron chi connectivity index (χ1n) is 3.17. The molecule has 0 bridgehead atoms. The van der Waals surface area contributed by atoms with Gasteiger partial charge < -0.3 is 10.2 Å². The van der Waals surface area contributed by atoms with Crippen LogP contribution in [0.5, 0.6) is 0 Å². The van der Waals surface area contributed by atoms with Crippen LogP contribution >= 0.6 is 11.6 Å². The molecule has 0 aromatic rings. The summed E-state index contributed by atoms with van der Waals surface area (Å²) in [5.74, 6) is 0.569. The predicted octanol–water partition coefficient (Wildman–Crippen LogP) is -0.455. The van der Waals surface area contributed by atoms with Gasteiger partial charge in [0, 0.05) is 0 Å². The third kappa shape index (κ3) is 269. The molecule has 0 aliphatic heterocycles. The van der Waals surface area contributed by atoms with Crippen LogP contribution in [0.2, 0.25) is 6.32 Å². The van der Waals surface area contributed by atoms with Crippen LogP contribution in [-0.4, -0.2) is 26.9 Å². The van der Waals surface area contributed by atoms with Gasteiger partial charge in [0.25, 0.3) is 0 Å². The predicted molar refractivity (Wildman–Crippen MR) is 42.4 cm³/mol. The van der Waals surface area contributed by atoms with E-state index in [4.69, 9.17) is 29.7 Å². The molecule has 10 heavy (non-hydrogen) atoms. The van der Waals surface area contributed by atoms with Crippen LogP contribution in [0.25, 0.3) is 0 Å². The Balaban J connectivity index is -0.0000000750. The molecule has 0 aromatic carbocycles. The minimum absolute atomic E-state index is 0. The minimum atomic E-state index is 0. The van der Waals surface area contributed by atoms with E-state index in [1.807, 2.05) is 0 Å². The van der Waals surface area contributed by atoms with Crippen LogP contribution in [0.15, 0.2) is 0 Å². The molecule has 0 fully saturated rings. The Morgan fingerprint density at radius 1 is 1.20 bits per heavy atom. The van der Waals surface area contributed by atoms with Gasteiger partial charge in [0.2, 0.25) is 0 Å². The third-order valence-electron chi connectivity index (χ3n) is 0.109. The van der Waals surface area contributed by atoms with Gasteiger partial charge >= 0.3 is 31.6 Å². The molecule has 60 valence electrons. The van der Waals surface area contributed by atoms with E-state index in [9.17, 15) is 0 Å². The molecule has 0 aliphatic rings. The van der Waals surface area contributed by atoms with Crippen molar-refractivity contribution < 1.29 is 10.2 Å². The quantitative estimate of drug-likeness (QED) is 0.389. The summed E-state index contributed by atoms with van der Waals surface area (Å²) in [6.45, 7) is 3.14. The molecular weight excluding hydrogens is 150 g/mol. The second-order valence-electron chi connectivity index (χ2n) is 1.06. The van der Waals surface area contributed by atoms with E-state index in [1.54, 1.807) is 13.8 Å². The molecule has 0 N–H and O–H groups in total. The Kier molecular flexibility index (Phi) is 58.0. The molecule has 0 heterocycles. The average Bonchev–Trinajstić information content (AvgIpc) is 1.91. The summed E-state index contributed by atoms with van der Waals surface area (Å²) >= 11 is 5.06. The topological polar surface area (TPSA) is 46.1 Å². The van der Waals surface area contributed by atoms with E-state index < -0.39 is 0 Å². The van der Waals surface area contributed by atoms with Gasteiger partial charge in [0.1, 0.15) is 0 Å². The van der Waals surface area contributed by atoms with Gasteiger partial charge in [-0.25, -0.2) is 0 Å². The maximum atomic E-state index is 8.93. The van der Waals surface area contributed by atoms with Crippen LogP contribution in [0.4, 0.5) is 0 Å². The number of alkyl halides is 1. The van der Waals surface area contributed by atoms with Crippen molar-refractivity contribution >= 4 is 19.4 Å². The normalized spacial score (nSPS) is 6.70. The van der Waals surface area contributed by atoms with Crippen molar-refractivity contribution in [2.45, 2.75) is 20.2 Å². The first-order chi connectivity index (χ1) is 4.74. The summed E-state index contributed by atoms with van der Waals surface area (Å²) in [5, 5.41) is 17.9. The van der Waals surface area contributed by atoms with E-state index in [0.29, 0.717) is 12.2 Å². The summed E-state index contributed by atoms with van der Waals surface area (Å²) in [7, 11) is 4.90. The van der Waals surface area contributed by atoms with Gasteiger partial charge in [-0.3, -0.25) is 0 Å². The van der Waals surface area contributed by atoms with Crippen molar-refractivity contribution in [1.82, 2.24) is 0 Å². The fraction of sp³-hybridized carbons (Fsp3) is 1.00. The molecule has 2 nitrogen and oxygen atoms in total. The summed E-state index contributed by atoms with van der Waals surface area (Å²) in [6, 6.07) is 0. The van der Waals surface area contributed by atoms with Crippen LogP contribution in [0.1, 0.15) is 13.8 Å². The van der Waals surface area contributed by atoms with Crippen molar-refractivity contribution in [2.24, 2.45) is 0 Å². The molecule has 0 atom stereocenters. The van der Waals surface area contributed by atoms with Crippen molar-refractivity contribution in [3.05, 3.63) is 0 Å². The Bertz CT molecular complexity index is 27.7. The molecule has 0 radical (unpaired) electrons. The van der Waals surface area contributed by atoms with Gasteiger partial charge in [0.05, 0.1) is 0 Å². The third-order valence-corrected chi connectivity index (χ3v) is 0.327. The Morgan fingerprint density at radius 2 is 1.30 bits per heavy atom. The SMILES string of the molecule is CC[O-].CC[O-].[B+2]CCCl. The van der Waals surface area contributed by atoms with Crippen molar-refractivity contribution in [1.29, 1.82) is 0 Å². The second kappa shape index (κ2) is 34.8. The number of hydrogen-bond donors (Lipinski definition) is 0. The van der Waals surface area contributed by atoms with Crippen LogP contribution < -0.4 is 10.2 Å². The van der Waals surface area contributed by atoms with Crippen LogP contribution in [-0.2, 0) is 0 Å². The van der Waals surface area contributed by atoms with E-state index >= 15 is 0 Å².